The van der Waals surface area contributed by atoms with Gasteiger partial charge in [-0.3, -0.25) is 4.79 Å². The van der Waals surface area contributed by atoms with E-state index in [0.717, 1.165) is 35.6 Å². The molecule has 6 heteroatoms. The fourth-order valence-corrected chi connectivity index (χ4v) is 3.59. The van der Waals surface area contributed by atoms with Crippen LogP contribution in [0.4, 0.5) is 0 Å². The number of carbonyl (C=O) groups is 1. The van der Waals surface area contributed by atoms with E-state index in [4.69, 9.17) is 0 Å². The van der Waals surface area contributed by atoms with Crippen molar-refractivity contribution in [1.82, 2.24) is 14.6 Å². The summed E-state index contributed by atoms with van der Waals surface area (Å²) in [5.41, 5.74) is 4.61. The van der Waals surface area contributed by atoms with E-state index in [1.807, 2.05) is 11.6 Å². The normalized spacial score (nSPS) is 16.8. The molecular formula is C19H19N3O3. The molecule has 0 unspecified atom stereocenters. The van der Waals surface area contributed by atoms with Gasteiger partial charge >= 0.3 is 5.97 Å². The molecule has 6 nitrogen and oxygen atoms in total. The number of benzene rings is 1. The zero-order chi connectivity index (χ0) is 17.7. The molecule has 0 radical (unpaired) electrons. The number of carboxylic acids is 1. The molecule has 0 spiro atoms. The van der Waals surface area contributed by atoms with Crippen LogP contribution in [-0.2, 0) is 6.54 Å². The van der Waals surface area contributed by atoms with E-state index < -0.39 is 11.4 Å². The number of aryl methyl sites for hydroxylation is 1. The lowest BCUT2D eigenvalue weighted by Crippen LogP contribution is -2.40. The smallest absolute Gasteiger partial charge is 0.341 e. The second-order valence-electron chi connectivity index (χ2n) is 6.57. The number of fused-ring (bicyclic) bond motifs is 3. The number of hydrogen-bond donors (Lipinski definition) is 1. The molecule has 128 valence electrons. The Labute approximate surface area is 145 Å². The molecule has 2 aromatic rings. The van der Waals surface area contributed by atoms with Crippen LogP contribution >= 0.6 is 0 Å². The summed E-state index contributed by atoms with van der Waals surface area (Å²) < 4.78 is 1.88. The molecular weight excluding hydrogens is 318 g/mol. The third-order valence-corrected chi connectivity index (χ3v) is 4.90. The van der Waals surface area contributed by atoms with Gasteiger partial charge in [0, 0.05) is 38.0 Å². The van der Waals surface area contributed by atoms with Crippen LogP contribution in [0.15, 0.2) is 41.3 Å². The second-order valence-corrected chi connectivity index (χ2v) is 6.57. The van der Waals surface area contributed by atoms with Crippen LogP contribution in [0.2, 0.25) is 0 Å². The van der Waals surface area contributed by atoms with Gasteiger partial charge < -0.3 is 14.7 Å². The van der Waals surface area contributed by atoms with Gasteiger partial charge in [-0.05, 0) is 12.5 Å². The summed E-state index contributed by atoms with van der Waals surface area (Å²) in [6, 6.07) is 9.80. The van der Waals surface area contributed by atoms with Gasteiger partial charge in [0.15, 0.2) is 5.43 Å². The Kier molecular flexibility index (Phi) is 3.51. The van der Waals surface area contributed by atoms with Crippen molar-refractivity contribution < 1.29 is 9.90 Å². The molecule has 0 atom stereocenters. The first-order chi connectivity index (χ1) is 12.0. The highest BCUT2D eigenvalue weighted by atomic mass is 16.4. The first-order valence-corrected chi connectivity index (χ1v) is 8.22. The monoisotopic (exact) mass is 337 g/mol. The molecule has 0 saturated heterocycles. The summed E-state index contributed by atoms with van der Waals surface area (Å²) in [5, 5.41) is 13.5. The lowest BCUT2D eigenvalue weighted by atomic mass is 10.00. The fourth-order valence-electron chi connectivity index (χ4n) is 3.59. The van der Waals surface area contributed by atoms with Crippen molar-refractivity contribution in [3.8, 4) is 0 Å². The molecule has 2 aliphatic rings. The Balaban J connectivity index is 1.93. The highest BCUT2D eigenvalue weighted by Gasteiger charge is 2.33. The molecule has 3 heterocycles. The molecule has 1 aromatic heterocycles. The Hall–Kier alpha value is -2.86. The van der Waals surface area contributed by atoms with Crippen molar-refractivity contribution in [3.05, 3.63) is 69.1 Å². The van der Waals surface area contributed by atoms with Crippen LogP contribution in [0.5, 0.6) is 0 Å². The summed E-state index contributed by atoms with van der Waals surface area (Å²) in [6.07, 6.45) is 1.47. The van der Waals surface area contributed by atoms with Crippen molar-refractivity contribution >= 4 is 17.2 Å². The van der Waals surface area contributed by atoms with E-state index in [1.54, 1.807) is 0 Å². The highest BCUT2D eigenvalue weighted by molar-refractivity contribution is 5.93. The first kappa shape index (κ1) is 15.7. The van der Waals surface area contributed by atoms with E-state index in [1.165, 1.54) is 17.8 Å². The lowest BCUT2D eigenvalue weighted by Gasteiger charge is -2.35. The standard InChI is InChI=1S/C19H19N3O3/c1-12-3-5-13(6-4-12)14-10-20(2)22-8-7-21-11-15(19(24)25)17(23)9-16(21)18(14)22/h3-6,9,11H,7-8,10H2,1-2H3,(H,24,25). The van der Waals surface area contributed by atoms with E-state index >= 15 is 0 Å². The van der Waals surface area contributed by atoms with Crippen LogP contribution in [0.1, 0.15) is 27.2 Å². The minimum absolute atomic E-state index is 0.180. The summed E-state index contributed by atoms with van der Waals surface area (Å²) in [5.74, 6) is -1.18. The van der Waals surface area contributed by atoms with Gasteiger partial charge in [-0.15, -0.1) is 0 Å². The maximum absolute atomic E-state index is 12.2. The van der Waals surface area contributed by atoms with Crippen LogP contribution in [0.3, 0.4) is 0 Å². The maximum Gasteiger partial charge on any atom is 0.341 e. The number of aromatic nitrogens is 1. The van der Waals surface area contributed by atoms with Gasteiger partial charge in [0.05, 0.1) is 17.9 Å². The number of hydrazine groups is 1. The quantitative estimate of drug-likeness (QED) is 0.907. The van der Waals surface area contributed by atoms with Gasteiger partial charge in [0.1, 0.15) is 5.56 Å². The predicted octanol–water partition coefficient (Wildman–Crippen LogP) is 1.90. The Morgan fingerprint density at radius 3 is 2.56 bits per heavy atom. The van der Waals surface area contributed by atoms with Crippen molar-refractivity contribution in [1.29, 1.82) is 0 Å². The molecule has 0 amide bonds. The van der Waals surface area contributed by atoms with Gasteiger partial charge in [-0.2, -0.15) is 0 Å². The van der Waals surface area contributed by atoms with E-state index in [-0.39, 0.29) is 5.56 Å². The third kappa shape index (κ3) is 2.46. The average molecular weight is 337 g/mol. The van der Waals surface area contributed by atoms with Gasteiger partial charge in [0.2, 0.25) is 0 Å². The van der Waals surface area contributed by atoms with Crippen LogP contribution < -0.4 is 5.43 Å². The van der Waals surface area contributed by atoms with Crippen LogP contribution in [-0.4, -0.2) is 45.8 Å². The zero-order valence-electron chi connectivity index (χ0n) is 14.2. The minimum Gasteiger partial charge on any atom is -0.477 e. The van der Waals surface area contributed by atoms with Crippen molar-refractivity contribution in [3.63, 3.8) is 0 Å². The van der Waals surface area contributed by atoms with Crippen LogP contribution in [0.25, 0.3) is 11.3 Å². The van der Waals surface area contributed by atoms with Crippen molar-refractivity contribution in [2.75, 3.05) is 20.1 Å². The number of pyridine rings is 1. The highest BCUT2D eigenvalue weighted by Crippen LogP contribution is 2.38. The predicted molar refractivity (Wildman–Crippen MR) is 95.0 cm³/mol. The lowest BCUT2D eigenvalue weighted by molar-refractivity contribution is 0.0691. The number of likely N-dealkylation sites (N-methyl/N-ethyl adjacent to an activating group) is 1. The SMILES string of the molecule is Cc1ccc(C2=C3c4cc(=O)c(C(=O)O)cn4CCN3N(C)C2)cc1. The van der Waals surface area contributed by atoms with Gasteiger partial charge in [-0.1, -0.05) is 29.8 Å². The second kappa shape index (κ2) is 5.60. The molecule has 4 rings (SSSR count). The molecule has 25 heavy (non-hydrogen) atoms. The first-order valence-electron chi connectivity index (χ1n) is 8.22. The molecule has 1 N–H and O–H groups in total. The zero-order valence-corrected chi connectivity index (χ0v) is 14.2. The summed E-state index contributed by atoms with van der Waals surface area (Å²) in [7, 11) is 2.03. The Morgan fingerprint density at radius 1 is 1.16 bits per heavy atom. The average Bonchev–Trinajstić information content (AvgIpc) is 2.92. The van der Waals surface area contributed by atoms with Crippen molar-refractivity contribution in [2.24, 2.45) is 0 Å². The van der Waals surface area contributed by atoms with E-state index in [2.05, 4.69) is 41.2 Å². The molecule has 1 aromatic carbocycles. The molecule has 2 aliphatic heterocycles. The summed E-state index contributed by atoms with van der Waals surface area (Å²) in [6.45, 7) is 4.20. The fraction of sp³-hybridized carbons (Fsp3) is 0.263. The third-order valence-electron chi connectivity index (χ3n) is 4.90. The van der Waals surface area contributed by atoms with Crippen molar-refractivity contribution in [2.45, 2.75) is 13.5 Å². The van der Waals surface area contributed by atoms with E-state index in [9.17, 15) is 14.7 Å². The number of carboxylic acid groups (broad SMARTS) is 1. The number of rotatable bonds is 2. The largest absolute Gasteiger partial charge is 0.477 e. The van der Waals surface area contributed by atoms with E-state index in [0.29, 0.717) is 6.54 Å². The maximum atomic E-state index is 12.2. The Bertz CT molecular complexity index is 957. The summed E-state index contributed by atoms with van der Waals surface area (Å²) >= 11 is 0. The topological polar surface area (TPSA) is 65.8 Å². The molecule has 0 saturated carbocycles. The molecule has 0 bridgehead atoms. The number of aromatic carboxylic acids is 1. The number of hydrogen-bond acceptors (Lipinski definition) is 4. The summed E-state index contributed by atoms with van der Waals surface area (Å²) in [4.78, 5) is 23.5. The molecule has 0 aliphatic carbocycles. The van der Waals surface area contributed by atoms with Gasteiger partial charge in [0.25, 0.3) is 0 Å². The number of nitrogens with zero attached hydrogens (tertiary/aromatic N) is 3. The van der Waals surface area contributed by atoms with Crippen LogP contribution in [0, 0.1) is 6.92 Å². The minimum atomic E-state index is -1.18. The molecule has 0 fully saturated rings. The van der Waals surface area contributed by atoms with Gasteiger partial charge in [-0.25, -0.2) is 9.80 Å². The Morgan fingerprint density at radius 2 is 1.88 bits per heavy atom.